The molecule has 2 aliphatic rings. The van der Waals surface area contributed by atoms with Crippen molar-refractivity contribution in [2.24, 2.45) is 0 Å². The first-order chi connectivity index (χ1) is 9.56. The van der Waals surface area contributed by atoms with Gasteiger partial charge in [-0.3, -0.25) is 0 Å². The van der Waals surface area contributed by atoms with Gasteiger partial charge in [-0.1, -0.05) is 12.2 Å². The van der Waals surface area contributed by atoms with Crippen LogP contribution < -0.4 is 0 Å². The molecule has 110 valence electrons. The molecule has 0 spiro atoms. The molecular weight excluding hydrogens is 264 g/mol. The van der Waals surface area contributed by atoms with E-state index >= 15 is 0 Å². The molecule has 0 amide bonds. The maximum atomic E-state index is 11.9. The number of ether oxygens (including phenoxy) is 3. The molecule has 0 radical (unpaired) electrons. The Hall–Kier alpha value is -1.66. The summed E-state index contributed by atoms with van der Waals surface area (Å²) in [5, 5.41) is 8.81. The number of carbonyl (C=O) groups excluding carboxylic acids is 1. The van der Waals surface area contributed by atoms with Crippen LogP contribution in [-0.4, -0.2) is 49.1 Å². The SMILES string of the molecule is CC(=CCC(=CCC1CO1)C(=O)OCC1CO1)C(=O)O. The van der Waals surface area contributed by atoms with E-state index in [1.165, 1.54) is 13.0 Å². The van der Waals surface area contributed by atoms with Crippen molar-refractivity contribution in [3.05, 3.63) is 23.3 Å². The molecule has 2 rings (SSSR count). The molecule has 0 aromatic carbocycles. The summed E-state index contributed by atoms with van der Waals surface area (Å²) < 4.78 is 15.2. The Balaban J connectivity index is 1.90. The molecule has 0 aromatic rings. The second-order valence-corrected chi connectivity index (χ2v) is 4.87. The number of rotatable bonds is 8. The molecule has 1 N–H and O–H groups in total. The largest absolute Gasteiger partial charge is 0.478 e. The summed E-state index contributed by atoms with van der Waals surface area (Å²) in [6, 6.07) is 0. The van der Waals surface area contributed by atoms with Gasteiger partial charge in [-0.25, -0.2) is 9.59 Å². The second-order valence-electron chi connectivity index (χ2n) is 4.87. The average molecular weight is 282 g/mol. The number of carbonyl (C=O) groups is 2. The Morgan fingerprint density at radius 3 is 2.45 bits per heavy atom. The van der Waals surface area contributed by atoms with Crippen LogP contribution in [0.1, 0.15) is 19.8 Å². The van der Waals surface area contributed by atoms with Gasteiger partial charge in [0.25, 0.3) is 0 Å². The van der Waals surface area contributed by atoms with Gasteiger partial charge in [0.2, 0.25) is 0 Å². The van der Waals surface area contributed by atoms with Crippen molar-refractivity contribution >= 4 is 11.9 Å². The number of carboxylic acids is 1. The van der Waals surface area contributed by atoms with Crippen LogP contribution in [0.25, 0.3) is 0 Å². The highest BCUT2D eigenvalue weighted by atomic mass is 16.6. The Labute approximate surface area is 117 Å². The van der Waals surface area contributed by atoms with Gasteiger partial charge in [-0.05, 0) is 19.8 Å². The van der Waals surface area contributed by atoms with Gasteiger partial charge in [0, 0.05) is 11.1 Å². The molecule has 2 aliphatic heterocycles. The zero-order valence-corrected chi connectivity index (χ0v) is 11.3. The van der Waals surface area contributed by atoms with Crippen LogP contribution in [0.15, 0.2) is 23.3 Å². The molecule has 2 atom stereocenters. The van der Waals surface area contributed by atoms with Gasteiger partial charge in [-0.2, -0.15) is 0 Å². The lowest BCUT2D eigenvalue weighted by molar-refractivity contribution is -0.139. The first-order valence-corrected chi connectivity index (χ1v) is 6.55. The smallest absolute Gasteiger partial charge is 0.334 e. The minimum absolute atomic E-state index is 0.0169. The van der Waals surface area contributed by atoms with E-state index in [1.54, 1.807) is 6.08 Å². The zero-order chi connectivity index (χ0) is 14.5. The fourth-order valence-electron chi connectivity index (χ4n) is 1.50. The summed E-state index contributed by atoms with van der Waals surface area (Å²) in [5.41, 5.74) is 0.665. The third-order valence-corrected chi connectivity index (χ3v) is 3.06. The van der Waals surface area contributed by atoms with E-state index in [0.29, 0.717) is 25.2 Å². The Morgan fingerprint density at radius 2 is 1.90 bits per heavy atom. The van der Waals surface area contributed by atoms with Crippen molar-refractivity contribution in [3.8, 4) is 0 Å². The molecule has 0 bridgehead atoms. The number of epoxide rings is 2. The van der Waals surface area contributed by atoms with Gasteiger partial charge >= 0.3 is 11.9 Å². The van der Waals surface area contributed by atoms with Crippen molar-refractivity contribution in [3.63, 3.8) is 0 Å². The minimum atomic E-state index is -0.991. The quantitative estimate of drug-likeness (QED) is 0.407. The molecule has 0 aromatic heterocycles. The van der Waals surface area contributed by atoms with Crippen molar-refractivity contribution < 1.29 is 28.9 Å². The van der Waals surface area contributed by atoms with E-state index in [2.05, 4.69) is 0 Å². The monoisotopic (exact) mass is 282 g/mol. The van der Waals surface area contributed by atoms with Crippen molar-refractivity contribution in [2.75, 3.05) is 19.8 Å². The third-order valence-electron chi connectivity index (χ3n) is 3.06. The lowest BCUT2D eigenvalue weighted by Crippen LogP contribution is -2.12. The molecule has 0 saturated carbocycles. The molecular formula is C14H18O6. The van der Waals surface area contributed by atoms with Crippen molar-refractivity contribution in [1.29, 1.82) is 0 Å². The summed E-state index contributed by atoms with van der Waals surface area (Å²) >= 11 is 0. The number of allylic oxidation sites excluding steroid dienone is 1. The van der Waals surface area contributed by atoms with Crippen LogP contribution >= 0.6 is 0 Å². The summed E-state index contributed by atoms with van der Waals surface area (Å²) in [4.78, 5) is 22.7. The van der Waals surface area contributed by atoms with Gasteiger partial charge in [0.05, 0.1) is 19.3 Å². The standard InChI is InChI=1S/C14H18O6/c1-9(13(15)16)2-3-10(4-5-11-6-18-11)14(17)20-8-12-7-19-12/h2,4,11-12H,3,5-8H2,1H3,(H,15,16). The molecule has 20 heavy (non-hydrogen) atoms. The predicted molar refractivity (Wildman–Crippen MR) is 69.1 cm³/mol. The Kier molecular flexibility index (Phi) is 4.92. The second kappa shape index (κ2) is 6.67. The molecule has 2 saturated heterocycles. The predicted octanol–water partition coefficient (Wildman–Crippen LogP) is 1.06. The van der Waals surface area contributed by atoms with Crippen LogP contribution in [0.2, 0.25) is 0 Å². The average Bonchev–Trinajstić information content (AvgIpc) is 3.28. The number of hydrogen-bond acceptors (Lipinski definition) is 5. The fourth-order valence-corrected chi connectivity index (χ4v) is 1.50. The Bertz CT molecular complexity index is 443. The van der Waals surface area contributed by atoms with Crippen molar-refractivity contribution in [1.82, 2.24) is 0 Å². The van der Waals surface area contributed by atoms with Gasteiger partial charge < -0.3 is 19.3 Å². The molecule has 6 heteroatoms. The zero-order valence-electron chi connectivity index (χ0n) is 11.3. The van der Waals surface area contributed by atoms with Crippen LogP contribution in [-0.2, 0) is 23.8 Å². The van der Waals surface area contributed by atoms with E-state index in [-0.39, 0.29) is 30.8 Å². The Morgan fingerprint density at radius 1 is 1.25 bits per heavy atom. The summed E-state index contributed by atoms with van der Waals surface area (Å²) in [7, 11) is 0. The van der Waals surface area contributed by atoms with Gasteiger partial charge in [0.1, 0.15) is 12.7 Å². The highest BCUT2D eigenvalue weighted by molar-refractivity contribution is 5.90. The molecule has 6 nitrogen and oxygen atoms in total. The van der Waals surface area contributed by atoms with Crippen molar-refractivity contribution in [2.45, 2.75) is 32.0 Å². The molecule has 2 fully saturated rings. The van der Waals surface area contributed by atoms with E-state index < -0.39 is 11.9 Å². The summed E-state index contributed by atoms with van der Waals surface area (Å²) in [5.74, 6) is -1.41. The first kappa shape index (κ1) is 14.7. The lowest BCUT2D eigenvalue weighted by atomic mass is 10.1. The minimum Gasteiger partial charge on any atom is -0.478 e. The number of hydrogen-bond donors (Lipinski definition) is 1. The summed E-state index contributed by atoms with van der Waals surface area (Å²) in [6.45, 7) is 3.07. The van der Waals surface area contributed by atoms with Crippen LogP contribution in [0.3, 0.4) is 0 Å². The topological polar surface area (TPSA) is 88.7 Å². The van der Waals surface area contributed by atoms with Gasteiger partial charge in [-0.15, -0.1) is 0 Å². The van der Waals surface area contributed by atoms with Crippen LogP contribution in [0.4, 0.5) is 0 Å². The maximum absolute atomic E-state index is 11.9. The summed E-state index contributed by atoms with van der Waals surface area (Å²) in [6.07, 6.45) is 4.35. The highest BCUT2D eigenvalue weighted by Gasteiger charge is 2.25. The number of esters is 1. The van der Waals surface area contributed by atoms with Gasteiger partial charge in [0.15, 0.2) is 0 Å². The molecule has 2 unspecified atom stereocenters. The molecule has 0 aliphatic carbocycles. The number of carboxylic acid groups (broad SMARTS) is 1. The van der Waals surface area contributed by atoms with E-state index in [4.69, 9.17) is 19.3 Å². The highest BCUT2D eigenvalue weighted by Crippen LogP contribution is 2.18. The molecule has 2 heterocycles. The number of aliphatic carboxylic acids is 1. The normalized spacial score (nSPS) is 25.2. The van der Waals surface area contributed by atoms with E-state index in [9.17, 15) is 9.59 Å². The van der Waals surface area contributed by atoms with Crippen LogP contribution in [0.5, 0.6) is 0 Å². The lowest BCUT2D eigenvalue weighted by Gasteiger charge is -2.06. The maximum Gasteiger partial charge on any atom is 0.334 e. The third kappa shape index (κ3) is 5.14. The fraction of sp³-hybridized carbons (Fsp3) is 0.571. The van der Waals surface area contributed by atoms with E-state index in [1.807, 2.05) is 0 Å². The first-order valence-electron chi connectivity index (χ1n) is 6.55. The van der Waals surface area contributed by atoms with E-state index in [0.717, 1.165) is 0 Å². The van der Waals surface area contributed by atoms with Crippen LogP contribution in [0, 0.1) is 0 Å².